The molecule has 24 heavy (non-hydrogen) atoms. The Kier molecular flexibility index (Phi) is 4.36. The maximum absolute atomic E-state index is 5.88. The summed E-state index contributed by atoms with van der Waals surface area (Å²) in [7, 11) is 0. The van der Waals surface area contributed by atoms with Gasteiger partial charge in [-0.05, 0) is 31.5 Å². The summed E-state index contributed by atoms with van der Waals surface area (Å²) in [6.07, 6.45) is 6.34. The number of pyridine rings is 1. The Morgan fingerprint density at radius 2 is 2.29 bits per heavy atom. The number of nitrogens with zero attached hydrogens (tertiary/aromatic N) is 4. The Morgan fingerprint density at radius 1 is 1.33 bits per heavy atom. The SMILES string of the molecule is Clc1ccc2oc(N[C@@H]3CCCN(CCc4ncco4)C3)nc2n1. The number of oxazole rings is 2. The Bertz CT molecular complexity index is 804. The topological polar surface area (TPSA) is 80.2 Å². The highest BCUT2D eigenvalue weighted by atomic mass is 35.5. The van der Waals surface area contributed by atoms with Crippen LogP contribution in [0.15, 0.2) is 33.4 Å². The first-order valence-corrected chi connectivity index (χ1v) is 8.44. The second-order valence-corrected chi connectivity index (χ2v) is 6.32. The van der Waals surface area contributed by atoms with E-state index in [1.165, 1.54) is 0 Å². The lowest BCUT2D eigenvalue weighted by atomic mass is 10.1. The lowest BCUT2D eigenvalue weighted by Gasteiger charge is -2.32. The molecule has 0 unspecified atom stereocenters. The highest BCUT2D eigenvalue weighted by molar-refractivity contribution is 6.29. The van der Waals surface area contributed by atoms with E-state index in [0.717, 1.165) is 44.8 Å². The standard InChI is InChI=1S/C16H18ClN5O2/c17-13-4-3-12-15(20-13)21-16(24-12)19-11-2-1-7-22(10-11)8-5-14-18-6-9-23-14/h3-4,6,9,11H,1-2,5,7-8,10H2,(H,19,20,21)/t11-/m1/s1. The molecule has 0 bridgehead atoms. The number of anilines is 1. The number of hydrogen-bond acceptors (Lipinski definition) is 7. The number of likely N-dealkylation sites (tertiary alicyclic amines) is 1. The van der Waals surface area contributed by atoms with Gasteiger partial charge in [0.05, 0.1) is 6.20 Å². The summed E-state index contributed by atoms with van der Waals surface area (Å²) in [6, 6.07) is 4.28. The van der Waals surface area contributed by atoms with Gasteiger partial charge in [0.25, 0.3) is 6.01 Å². The first-order valence-electron chi connectivity index (χ1n) is 8.06. The van der Waals surface area contributed by atoms with Gasteiger partial charge in [-0.1, -0.05) is 11.6 Å². The minimum Gasteiger partial charge on any atom is -0.449 e. The van der Waals surface area contributed by atoms with Gasteiger partial charge in [0.1, 0.15) is 11.4 Å². The Balaban J connectivity index is 1.36. The third-order valence-corrected chi connectivity index (χ3v) is 4.39. The molecule has 7 nitrogen and oxygen atoms in total. The molecule has 0 spiro atoms. The quantitative estimate of drug-likeness (QED) is 0.710. The molecular weight excluding hydrogens is 330 g/mol. The van der Waals surface area contributed by atoms with Crippen molar-refractivity contribution in [2.45, 2.75) is 25.3 Å². The Labute approximate surface area is 144 Å². The summed E-state index contributed by atoms with van der Waals surface area (Å²) in [6.45, 7) is 2.96. The van der Waals surface area contributed by atoms with E-state index in [1.54, 1.807) is 24.6 Å². The lowest BCUT2D eigenvalue weighted by molar-refractivity contribution is 0.212. The highest BCUT2D eigenvalue weighted by Gasteiger charge is 2.21. The Hall–Kier alpha value is -2.12. The monoisotopic (exact) mass is 347 g/mol. The molecule has 0 amide bonds. The van der Waals surface area contributed by atoms with Crippen LogP contribution in [0.3, 0.4) is 0 Å². The fourth-order valence-electron chi connectivity index (χ4n) is 3.04. The number of aromatic nitrogens is 3. The number of halogens is 1. The van der Waals surface area contributed by atoms with Gasteiger partial charge >= 0.3 is 0 Å². The van der Waals surface area contributed by atoms with Crippen LogP contribution in [0, 0.1) is 0 Å². The van der Waals surface area contributed by atoms with E-state index in [-0.39, 0.29) is 0 Å². The smallest absolute Gasteiger partial charge is 0.297 e. The summed E-state index contributed by atoms with van der Waals surface area (Å²) in [5.41, 5.74) is 1.17. The first kappa shape index (κ1) is 15.4. The molecule has 4 heterocycles. The molecular formula is C16H18ClN5O2. The summed E-state index contributed by atoms with van der Waals surface area (Å²) in [4.78, 5) is 15.1. The summed E-state index contributed by atoms with van der Waals surface area (Å²) >= 11 is 5.88. The van der Waals surface area contributed by atoms with Crippen LogP contribution in [0.2, 0.25) is 5.15 Å². The number of hydrogen-bond donors (Lipinski definition) is 1. The number of piperidine rings is 1. The average molecular weight is 348 g/mol. The van der Waals surface area contributed by atoms with Crippen LogP contribution in [0.4, 0.5) is 6.01 Å². The van der Waals surface area contributed by atoms with Crippen molar-refractivity contribution in [1.29, 1.82) is 0 Å². The normalized spacial score (nSPS) is 19.0. The Morgan fingerprint density at radius 3 is 3.17 bits per heavy atom. The van der Waals surface area contributed by atoms with E-state index in [4.69, 9.17) is 20.4 Å². The lowest BCUT2D eigenvalue weighted by Crippen LogP contribution is -2.42. The molecule has 3 aromatic heterocycles. The maximum atomic E-state index is 5.88. The van der Waals surface area contributed by atoms with Crippen molar-refractivity contribution in [3.63, 3.8) is 0 Å². The van der Waals surface area contributed by atoms with Gasteiger partial charge in [0.2, 0.25) is 5.65 Å². The zero-order chi connectivity index (χ0) is 16.4. The molecule has 0 radical (unpaired) electrons. The second kappa shape index (κ2) is 6.78. The van der Waals surface area contributed by atoms with Crippen LogP contribution in [-0.4, -0.2) is 45.5 Å². The molecule has 1 N–H and O–H groups in total. The molecule has 1 saturated heterocycles. The fraction of sp³-hybridized carbons (Fsp3) is 0.438. The van der Waals surface area contributed by atoms with Crippen molar-refractivity contribution in [3.8, 4) is 0 Å². The summed E-state index contributed by atoms with van der Waals surface area (Å²) in [5, 5.41) is 3.79. The molecule has 3 aromatic rings. The molecule has 0 aromatic carbocycles. The molecule has 1 fully saturated rings. The number of fused-ring (bicyclic) bond motifs is 1. The van der Waals surface area contributed by atoms with Crippen molar-refractivity contribution < 1.29 is 8.83 Å². The van der Waals surface area contributed by atoms with Gasteiger partial charge in [0, 0.05) is 25.6 Å². The molecule has 1 aliphatic rings. The van der Waals surface area contributed by atoms with Gasteiger partial charge in [-0.25, -0.2) is 9.97 Å². The third kappa shape index (κ3) is 3.52. The molecule has 126 valence electrons. The fourth-order valence-corrected chi connectivity index (χ4v) is 3.18. The van der Waals surface area contributed by atoms with E-state index in [2.05, 4.69) is 25.2 Å². The van der Waals surface area contributed by atoms with E-state index in [9.17, 15) is 0 Å². The summed E-state index contributed by atoms with van der Waals surface area (Å²) < 4.78 is 11.0. The predicted molar refractivity (Wildman–Crippen MR) is 90.1 cm³/mol. The molecule has 4 rings (SSSR count). The van der Waals surface area contributed by atoms with Gasteiger partial charge in [-0.2, -0.15) is 4.98 Å². The zero-order valence-corrected chi connectivity index (χ0v) is 13.9. The van der Waals surface area contributed by atoms with E-state index < -0.39 is 0 Å². The van der Waals surface area contributed by atoms with Gasteiger partial charge in [-0.3, -0.25) is 0 Å². The van der Waals surface area contributed by atoms with Crippen molar-refractivity contribution in [2.24, 2.45) is 0 Å². The minimum atomic E-state index is 0.298. The van der Waals surface area contributed by atoms with Gasteiger partial charge in [0.15, 0.2) is 11.5 Å². The third-order valence-electron chi connectivity index (χ3n) is 4.18. The number of rotatable bonds is 5. The van der Waals surface area contributed by atoms with E-state index >= 15 is 0 Å². The van der Waals surface area contributed by atoms with Crippen LogP contribution < -0.4 is 5.32 Å². The van der Waals surface area contributed by atoms with E-state index in [1.807, 2.05) is 0 Å². The van der Waals surface area contributed by atoms with Crippen molar-refractivity contribution in [3.05, 3.63) is 35.6 Å². The molecule has 1 atom stereocenters. The molecule has 1 aliphatic heterocycles. The van der Waals surface area contributed by atoms with Gasteiger partial charge in [-0.15, -0.1) is 0 Å². The molecule has 0 saturated carbocycles. The van der Waals surface area contributed by atoms with Crippen molar-refractivity contribution >= 4 is 28.8 Å². The molecule has 8 heteroatoms. The van der Waals surface area contributed by atoms with Crippen LogP contribution in [-0.2, 0) is 6.42 Å². The van der Waals surface area contributed by atoms with Crippen molar-refractivity contribution in [1.82, 2.24) is 19.9 Å². The van der Waals surface area contributed by atoms with Crippen molar-refractivity contribution in [2.75, 3.05) is 25.0 Å². The van der Waals surface area contributed by atoms with Crippen LogP contribution >= 0.6 is 11.6 Å². The number of nitrogens with one attached hydrogen (secondary N) is 1. The maximum Gasteiger partial charge on any atom is 0.297 e. The van der Waals surface area contributed by atoms with E-state index in [0.29, 0.717) is 28.4 Å². The first-order chi connectivity index (χ1) is 11.8. The highest BCUT2D eigenvalue weighted by Crippen LogP contribution is 2.21. The van der Waals surface area contributed by atoms with Gasteiger partial charge < -0.3 is 19.1 Å². The summed E-state index contributed by atoms with van der Waals surface area (Å²) in [5.74, 6) is 0.784. The second-order valence-electron chi connectivity index (χ2n) is 5.93. The van der Waals surface area contributed by atoms with Crippen LogP contribution in [0.1, 0.15) is 18.7 Å². The predicted octanol–water partition coefficient (Wildman–Crippen LogP) is 2.98. The average Bonchev–Trinajstić information content (AvgIpc) is 3.22. The molecule has 0 aliphatic carbocycles. The largest absolute Gasteiger partial charge is 0.449 e. The minimum absolute atomic E-state index is 0.298. The van der Waals surface area contributed by atoms with Crippen LogP contribution in [0.25, 0.3) is 11.2 Å². The zero-order valence-electron chi connectivity index (χ0n) is 13.1. The van der Waals surface area contributed by atoms with Crippen LogP contribution in [0.5, 0.6) is 0 Å².